The molecule has 5 heteroatoms. The highest BCUT2D eigenvalue weighted by Crippen LogP contribution is 2.24. The van der Waals surface area contributed by atoms with Crippen LogP contribution in [0.2, 0.25) is 0 Å². The van der Waals surface area contributed by atoms with Crippen LogP contribution in [0.3, 0.4) is 0 Å². The van der Waals surface area contributed by atoms with Crippen molar-refractivity contribution >= 4 is 5.82 Å². The first kappa shape index (κ1) is 10.6. The van der Waals surface area contributed by atoms with Crippen molar-refractivity contribution in [2.24, 2.45) is 0 Å². The molecular formula is C13H10FN3O. The van der Waals surface area contributed by atoms with E-state index in [0.717, 1.165) is 0 Å². The molecule has 1 aromatic carbocycles. The summed E-state index contributed by atoms with van der Waals surface area (Å²) in [5, 5.41) is 4.24. The highest BCUT2D eigenvalue weighted by molar-refractivity contribution is 5.58. The third-order valence-electron chi connectivity index (χ3n) is 2.59. The van der Waals surface area contributed by atoms with Gasteiger partial charge in [-0.3, -0.25) is 0 Å². The molecule has 0 aliphatic rings. The Labute approximate surface area is 102 Å². The Balaban J connectivity index is 2.12. The van der Waals surface area contributed by atoms with Crippen LogP contribution in [-0.2, 0) is 0 Å². The van der Waals surface area contributed by atoms with Crippen LogP contribution in [0.1, 0.15) is 0 Å². The lowest BCUT2D eigenvalue weighted by atomic mass is 10.3. The SMILES string of the molecule is Nc1cc(-c2ccco2)nn1-c1ccccc1F. The molecule has 90 valence electrons. The highest BCUT2D eigenvalue weighted by Gasteiger charge is 2.12. The average molecular weight is 243 g/mol. The standard InChI is InChI=1S/C13H10FN3O/c14-9-4-1-2-5-11(9)17-13(15)8-10(16-17)12-6-3-7-18-12/h1-8H,15H2. The zero-order chi connectivity index (χ0) is 12.5. The van der Waals surface area contributed by atoms with Gasteiger partial charge in [-0.15, -0.1) is 0 Å². The number of rotatable bonds is 2. The minimum Gasteiger partial charge on any atom is -0.463 e. The number of hydrogen-bond acceptors (Lipinski definition) is 3. The number of halogens is 1. The molecule has 0 aliphatic carbocycles. The maximum Gasteiger partial charge on any atom is 0.154 e. The second kappa shape index (κ2) is 4.03. The van der Waals surface area contributed by atoms with E-state index in [-0.39, 0.29) is 5.82 Å². The van der Waals surface area contributed by atoms with Crippen molar-refractivity contribution in [3.63, 3.8) is 0 Å². The van der Waals surface area contributed by atoms with Crippen LogP contribution in [0.4, 0.5) is 10.2 Å². The average Bonchev–Trinajstić information content (AvgIpc) is 2.99. The maximum atomic E-state index is 13.7. The Morgan fingerprint density at radius 1 is 1.17 bits per heavy atom. The lowest BCUT2D eigenvalue weighted by Crippen LogP contribution is -2.03. The van der Waals surface area contributed by atoms with E-state index in [1.165, 1.54) is 10.7 Å². The Hall–Kier alpha value is -2.56. The van der Waals surface area contributed by atoms with E-state index in [9.17, 15) is 4.39 Å². The minimum absolute atomic E-state index is 0.313. The molecule has 0 atom stereocenters. The molecular weight excluding hydrogens is 233 g/mol. The van der Waals surface area contributed by atoms with E-state index >= 15 is 0 Å². The highest BCUT2D eigenvalue weighted by atomic mass is 19.1. The van der Waals surface area contributed by atoms with Crippen LogP contribution in [0.5, 0.6) is 0 Å². The van der Waals surface area contributed by atoms with Crippen molar-refractivity contribution in [2.45, 2.75) is 0 Å². The summed E-state index contributed by atoms with van der Waals surface area (Å²) in [4.78, 5) is 0. The van der Waals surface area contributed by atoms with E-state index in [4.69, 9.17) is 10.2 Å². The molecule has 2 aromatic heterocycles. The van der Waals surface area contributed by atoms with Crippen molar-refractivity contribution in [1.29, 1.82) is 0 Å². The Morgan fingerprint density at radius 2 is 2.00 bits per heavy atom. The van der Waals surface area contributed by atoms with E-state index in [1.54, 1.807) is 42.7 Å². The zero-order valence-corrected chi connectivity index (χ0v) is 9.38. The monoisotopic (exact) mass is 243 g/mol. The van der Waals surface area contributed by atoms with Gasteiger partial charge in [0.25, 0.3) is 0 Å². The normalized spacial score (nSPS) is 10.7. The van der Waals surface area contributed by atoms with Gasteiger partial charge in [0.2, 0.25) is 0 Å². The summed E-state index contributed by atoms with van der Waals surface area (Å²) in [6.07, 6.45) is 1.55. The van der Waals surface area contributed by atoms with Crippen LogP contribution < -0.4 is 5.73 Å². The van der Waals surface area contributed by atoms with E-state index in [2.05, 4.69) is 5.10 Å². The van der Waals surface area contributed by atoms with Crippen molar-refractivity contribution < 1.29 is 8.81 Å². The number of para-hydroxylation sites is 1. The number of nitrogen functional groups attached to an aromatic ring is 1. The number of anilines is 1. The van der Waals surface area contributed by atoms with Gasteiger partial charge in [0.1, 0.15) is 23.0 Å². The number of benzene rings is 1. The van der Waals surface area contributed by atoms with Crippen LogP contribution in [0.15, 0.2) is 53.1 Å². The molecule has 4 nitrogen and oxygen atoms in total. The molecule has 0 aliphatic heterocycles. The number of nitrogens with zero attached hydrogens (tertiary/aromatic N) is 2. The first-order valence-electron chi connectivity index (χ1n) is 5.40. The predicted molar refractivity (Wildman–Crippen MR) is 65.6 cm³/mol. The smallest absolute Gasteiger partial charge is 0.154 e. The van der Waals surface area contributed by atoms with Crippen molar-refractivity contribution in [3.8, 4) is 17.1 Å². The molecule has 0 saturated carbocycles. The van der Waals surface area contributed by atoms with Gasteiger partial charge in [0, 0.05) is 6.07 Å². The second-order valence-corrected chi connectivity index (χ2v) is 3.79. The third-order valence-corrected chi connectivity index (χ3v) is 2.59. The van der Waals surface area contributed by atoms with Crippen molar-refractivity contribution in [3.05, 3.63) is 54.5 Å². The first-order valence-corrected chi connectivity index (χ1v) is 5.40. The number of nitrogens with two attached hydrogens (primary N) is 1. The quantitative estimate of drug-likeness (QED) is 0.752. The summed E-state index contributed by atoms with van der Waals surface area (Å²) in [5.74, 6) is 0.571. The predicted octanol–water partition coefficient (Wildman–Crippen LogP) is 2.85. The fraction of sp³-hybridized carbons (Fsp3) is 0. The summed E-state index contributed by atoms with van der Waals surface area (Å²) >= 11 is 0. The molecule has 0 amide bonds. The van der Waals surface area contributed by atoms with Gasteiger partial charge < -0.3 is 10.2 Å². The van der Waals surface area contributed by atoms with E-state index in [1.807, 2.05) is 0 Å². The molecule has 0 unspecified atom stereocenters. The summed E-state index contributed by atoms with van der Waals surface area (Å²) < 4.78 is 20.3. The summed E-state index contributed by atoms with van der Waals surface area (Å²) in [5.41, 5.74) is 6.72. The summed E-state index contributed by atoms with van der Waals surface area (Å²) in [6.45, 7) is 0. The summed E-state index contributed by atoms with van der Waals surface area (Å²) in [6, 6.07) is 11.5. The Morgan fingerprint density at radius 3 is 2.72 bits per heavy atom. The largest absolute Gasteiger partial charge is 0.463 e. The molecule has 2 heterocycles. The molecule has 18 heavy (non-hydrogen) atoms. The van der Waals surface area contributed by atoms with Crippen LogP contribution in [-0.4, -0.2) is 9.78 Å². The maximum absolute atomic E-state index is 13.7. The van der Waals surface area contributed by atoms with Crippen LogP contribution >= 0.6 is 0 Å². The molecule has 3 aromatic rings. The van der Waals surface area contributed by atoms with E-state index in [0.29, 0.717) is 23.0 Å². The fourth-order valence-corrected chi connectivity index (χ4v) is 1.76. The Bertz CT molecular complexity index is 673. The second-order valence-electron chi connectivity index (χ2n) is 3.79. The molecule has 0 fully saturated rings. The van der Waals surface area contributed by atoms with Gasteiger partial charge in [-0.1, -0.05) is 12.1 Å². The number of aromatic nitrogens is 2. The zero-order valence-electron chi connectivity index (χ0n) is 9.38. The summed E-state index contributed by atoms with van der Waals surface area (Å²) in [7, 11) is 0. The van der Waals surface area contributed by atoms with Crippen molar-refractivity contribution in [2.75, 3.05) is 5.73 Å². The number of furan rings is 1. The third kappa shape index (κ3) is 1.66. The molecule has 2 N–H and O–H groups in total. The van der Waals surface area contributed by atoms with Gasteiger partial charge in [-0.05, 0) is 24.3 Å². The van der Waals surface area contributed by atoms with Gasteiger partial charge in [-0.2, -0.15) is 5.10 Å². The fourth-order valence-electron chi connectivity index (χ4n) is 1.76. The lowest BCUT2D eigenvalue weighted by Gasteiger charge is -2.04. The molecule has 0 spiro atoms. The molecule has 0 saturated heterocycles. The molecule has 0 radical (unpaired) electrons. The van der Waals surface area contributed by atoms with Gasteiger partial charge in [0.15, 0.2) is 5.76 Å². The topological polar surface area (TPSA) is 57.0 Å². The van der Waals surface area contributed by atoms with Crippen LogP contribution in [0, 0.1) is 5.82 Å². The van der Waals surface area contributed by atoms with Gasteiger partial charge >= 0.3 is 0 Å². The first-order chi connectivity index (χ1) is 8.75. The van der Waals surface area contributed by atoms with Gasteiger partial charge in [-0.25, -0.2) is 9.07 Å². The van der Waals surface area contributed by atoms with Crippen molar-refractivity contribution in [1.82, 2.24) is 9.78 Å². The molecule has 3 rings (SSSR count). The van der Waals surface area contributed by atoms with Gasteiger partial charge in [0.05, 0.1) is 6.26 Å². The Kier molecular flexibility index (Phi) is 2.37. The van der Waals surface area contributed by atoms with Crippen LogP contribution in [0.25, 0.3) is 17.1 Å². The minimum atomic E-state index is -0.377. The lowest BCUT2D eigenvalue weighted by molar-refractivity contribution is 0.578. The number of hydrogen-bond donors (Lipinski definition) is 1. The van der Waals surface area contributed by atoms with E-state index < -0.39 is 0 Å². The molecule has 0 bridgehead atoms.